The minimum absolute atomic E-state index is 0.0492. The van der Waals surface area contributed by atoms with Crippen LogP contribution in [0.4, 0.5) is 4.39 Å². The summed E-state index contributed by atoms with van der Waals surface area (Å²) < 4.78 is 23.7. The molecule has 16 heavy (non-hydrogen) atoms. The predicted octanol–water partition coefficient (Wildman–Crippen LogP) is 1.56. The lowest BCUT2D eigenvalue weighted by Gasteiger charge is -2.23. The Hall–Kier alpha value is -0.970. The summed E-state index contributed by atoms with van der Waals surface area (Å²) in [4.78, 5) is 0. The number of nitrogens with two attached hydrogens (primary N) is 1. The molecule has 4 heteroatoms. The van der Waals surface area contributed by atoms with Crippen molar-refractivity contribution in [3.8, 4) is 0 Å². The van der Waals surface area contributed by atoms with Crippen molar-refractivity contribution in [2.24, 2.45) is 11.7 Å². The second-order valence-electron chi connectivity index (χ2n) is 3.63. The van der Waals surface area contributed by atoms with Gasteiger partial charge in [0.1, 0.15) is 5.82 Å². The van der Waals surface area contributed by atoms with Crippen LogP contribution in [0.1, 0.15) is 5.56 Å². The molecule has 1 aromatic rings. The maximum Gasteiger partial charge on any atom is 0.161 e. The van der Waals surface area contributed by atoms with E-state index >= 15 is 0 Å². The molecule has 0 fully saturated rings. The third-order valence-corrected chi connectivity index (χ3v) is 2.59. The summed E-state index contributed by atoms with van der Waals surface area (Å²) in [6.45, 7) is 0.390. The average Bonchev–Trinajstić information content (AvgIpc) is 2.31. The molecule has 0 amide bonds. The fourth-order valence-corrected chi connectivity index (χ4v) is 1.72. The first kappa shape index (κ1) is 13.1. The molecule has 0 bridgehead atoms. The topological polar surface area (TPSA) is 44.5 Å². The zero-order chi connectivity index (χ0) is 12.0. The van der Waals surface area contributed by atoms with Crippen molar-refractivity contribution in [1.82, 2.24) is 0 Å². The van der Waals surface area contributed by atoms with Gasteiger partial charge in [-0.05, 0) is 18.1 Å². The summed E-state index contributed by atoms with van der Waals surface area (Å²) in [6.07, 6.45) is 0.111. The molecule has 0 heterocycles. The summed E-state index contributed by atoms with van der Waals surface area (Å²) in [6, 6.07) is 6.67. The van der Waals surface area contributed by atoms with E-state index in [1.54, 1.807) is 32.4 Å². The Bertz CT molecular complexity index is 316. The molecule has 0 aliphatic carbocycles. The molecule has 1 unspecified atom stereocenters. The van der Waals surface area contributed by atoms with Crippen LogP contribution in [0.25, 0.3) is 0 Å². The second-order valence-corrected chi connectivity index (χ2v) is 3.63. The minimum atomic E-state index is -0.399. The number of ether oxygens (including phenoxy) is 2. The molecule has 1 aromatic carbocycles. The summed E-state index contributed by atoms with van der Waals surface area (Å²) >= 11 is 0. The van der Waals surface area contributed by atoms with Gasteiger partial charge in [0, 0.05) is 26.7 Å². The first-order chi connectivity index (χ1) is 7.72. The van der Waals surface area contributed by atoms with Crippen molar-refractivity contribution in [3.63, 3.8) is 0 Å². The molecule has 90 valence electrons. The predicted molar refractivity (Wildman–Crippen MR) is 60.5 cm³/mol. The molecular formula is C12H18FNO2. The van der Waals surface area contributed by atoms with Crippen LogP contribution in [0.2, 0.25) is 0 Å². The molecule has 3 nitrogen and oxygen atoms in total. The van der Waals surface area contributed by atoms with E-state index < -0.39 is 6.29 Å². The van der Waals surface area contributed by atoms with Crippen molar-refractivity contribution in [2.75, 3.05) is 20.8 Å². The molecule has 2 N–H and O–H groups in total. The average molecular weight is 227 g/mol. The van der Waals surface area contributed by atoms with Gasteiger partial charge in [-0.3, -0.25) is 0 Å². The quantitative estimate of drug-likeness (QED) is 0.750. The van der Waals surface area contributed by atoms with Crippen LogP contribution in [-0.2, 0) is 15.9 Å². The molecule has 0 spiro atoms. The Labute approximate surface area is 95.4 Å². The van der Waals surface area contributed by atoms with Gasteiger partial charge in [-0.25, -0.2) is 4.39 Å². The number of methoxy groups -OCH3 is 2. The monoisotopic (exact) mass is 227 g/mol. The lowest BCUT2D eigenvalue weighted by Crippen LogP contribution is -2.32. The summed E-state index contributed by atoms with van der Waals surface area (Å²) in [5, 5.41) is 0. The Morgan fingerprint density at radius 1 is 1.25 bits per heavy atom. The highest BCUT2D eigenvalue weighted by molar-refractivity contribution is 5.18. The largest absolute Gasteiger partial charge is 0.356 e. The van der Waals surface area contributed by atoms with E-state index in [1.165, 1.54) is 6.07 Å². The minimum Gasteiger partial charge on any atom is -0.356 e. The molecule has 0 aliphatic heterocycles. The van der Waals surface area contributed by atoms with E-state index in [-0.39, 0.29) is 11.7 Å². The van der Waals surface area contributed by atoms with Crippen molar-refractivity contribution in [1.29, 1.82) is 0 Å². The van der Waals surface area contributed by atoms with Gasteiger partial charge in [-0.1, -0.05) is 18.2 Å². The normalized spacial score (nSPS) is 13.1. The number of benzene rings is 1. The Morgan fingerprint density at radius 2 is 1.88 bits per heavy atom. The van der Waals surface area contributed by atoms with Crippen LogP contribution in [0.3, 0.4) is 0 Å². The highest BCUT2D eigenvalue weighted by atomic mass is 19.1. The van der Waals surface area contributed by atoms with Crippen LogP contribution in [0.5, 0.6) is 0 Å². The number of halogens is 1. The molecule has 0 saturated heterocycles. The van der Waals surface area contributed by atoms with Crippen LogP contribution in [0.15, 0.2) is 24.3 Å². The van der Waals surface area contributed by atoms with Gasteiger partial charge >= 0.3 is 0 Å². The molecule has 1 atom stereocenters. The third-order valence-electron chi connectivity index (χ3n) is 2.59. The SMILES string of the molecule is COC(OC)C(CN)Cc1ccccc1F. The maximum absolute atomic E-state index is 13.4. The number of hydrogen-bond donors (Lipinski definition) is 1. The van der Waals surface area contributed by atoms with E-state index in [9.17, 15) is 4.39 Å². The van der Waals surface area contributed by atoms with Crippen LogP contribution in [0, 0.1) is 11.7 Å². The third kappa shape index (κ3) is 3.27. The van der Waals surface area contributed by atoms with E-state index in [4.69, 9.17) is 15.2 Å². The zero-order valence-electron chi connectivity index (χ0n) is 9.65. The summed E-state index contributed by atoms with van der Waals surface area (Å²) in [5.41, 5.74) is 6.28. The van der Waals surface area contributed by atoms with Gasteiger partial charge in [0.05, 0.1) is 0 Å². The standard InChI is InChI=1S/C12H18FNO2/c1-15-12(16-2)10(8-14)7-9-5-3-4-6-11(9)13/h3-6,10,12H,7-8,14H2,1-2H3. The maximum atomic E-state index is 13.4. The fraction of sp³-hybridized carbons (Fsp3) is 0.500. The summed E-state index contributed by atoms with van der Waals surface area (Å²) in [5.74, 6) is -0.265. The first-order valence-corrected chi connectivity index (χ1v) is 5.22. The Balaban J connectivity index is 2.73. The summed E-state index contributed by atoms with van der Waals surface area (Å²) in [7, 11) is 3.11. The molecule has 0 saturated carbocycles. The second kappa shape index (κ2) is 6.58. The molecular weight excluding hydrogens is 209 g/mol. The van der Waals surface area contributed by atoms with Crippen LogP contribution in [-0.4, -0.2) is 27.1 Å². The molecule has 1 rings (SSSR count). The highest BCUT2D eigenvalue weighted by Gasteiger charge is 2.20. The van der Waals surface area contributed by atoms with E-state index in [1.807, 2.05) is 0 Å². The zero-order valence-corrected chi connectivity index (χ0v) is 9.65. The van der Waals surface area contributed by atoms with E-state index in [0.29, 0.717) is 18.5 Å². The molecule has 0 aliphatic rings. The lowest BCUT2D eigenvalue weighted by molar-refractivity contribution is -0.134. The van der Waals surface area contributed by atoms with Crippen molar-refractivity contribution in [3.05, 3.63) is 35.6 Å². The fourth-order valence-electron chi connectivity index (χ4n) is 1.72. The van der Waals surface area contributed by atoms with Gasteiger partial charge in [-0.15, -0.1) is 0 Å². The van der Waals surface area contributed by atoms with Crippen molar-refractivity contribution >= 4 is 0 Å². The van der Waals surface area contributed by atoms with Gasteiger partial charge < -0.3 is 15.2 Å². The van der Waals surface area contributed by atoms with Gasteiger partial charge in [-0.2, -0.15) is 0 Å². The van der Waals surface area contributed by atoms with Crippen LogP contribution >= 0.6 is 0 Å². The van der Waals surface area contributed by atoms with E-state index in [2.05, 4.69) is 0 Å². The first-order valence-electron chi connectivity index (χ1n) is 5.22. The molecule has 0 aromatic heterocycles. The number of hydrogen-bond acceptors (Lipinski definition) is 3. The van der Waals surface area contributed by atoms with Crippen molar-refractivity contribution < 1.29 is 13.9 Å². The van der Waals surface area contributed by atoms with Crippen LogP contribution < -0.4 is 5.73 Å². The van der Waals surface area contributed by atoms with Gasteiger partial charge in [0.15, 0.2) is 6.29 Å². The van der Waals surface area contributed by atoms with Gasteiger partial charge in [0.2, 0.25) is 0 Å². The number of rotatable bonds is 6. The van der Waals surface area contributed by atoms with Crippen molar-refractivity contribution in [2.45, 2.75) is 12.7 Å². The molecule has 0 radical (unpaired) electrons. The van der Waals surface area contributed by atoms with E-state index in [0.717, 1.165) is 0 Å². The Kier molecular flexibility index (Phi) is 5.38. The van der Waals surface area contributed by atoms with Gasteiger partial charge in [0.25, 0.3) is 0 Å². The highest BCUT2D eigenvalue weighted by Crippen LogP contribution is 2.16. The lowest BCUT2D eigenvalue weighted by atomic mass is 9.98. The Morgan fingerprint density at radius 3 is 2.38 bits per heavy atom. The smallest absolute Gasteiger partial charge is 0.161 e.